The van der Waals surface area contributed by atoms with E-state index in [9.17, 15) is 4.79 Å². The van der Waals surface area contributed by atoms with Crippen molar-refractivity contribution in [2.45, 2.75) is 26.4 Å². The summed E-state index contributed by atoms with van der Waals surface area (Å²) in [6.45, 7) is 5.41. The molecule has 0 spiro atoms. The summed E-state index contributed by atoms with van der Waals surface area (Å²) in [6.07, 6.45) is 2.55. The molecule has 0 fully saturated rings. The van der Waals surface area contributed by atoms with E-state index in [0.29, 0.717) is 11.2 Å². The van der Waals surface area contributed by atoms with Gasteiger partial charge in [-0.05, 0) is 32.9 Å². The Bertz CT molecular complexity index is 644. The van der Waals surface area contributed by atoms with Gasteiger partial charge in [-0.1, -0.05) is 0 Å². The van der Waals surface area contributed by atoms with E-state index in [0.717, 1.165) is 5.39 Å². The van der Waals surface area contributed by atoms with Crippen LogP contribution in [-0.4, -0.2) is 21.2 Å². The molecule has 0 radical (unpaired) electrons. The molecule has 2 aromatic heterocycles. The zero-order valence-corrected chi connectivity index (χ0v) is 10.5. The molecule has 5 heteroatoms. The first-order chi connectivity index (χ1) is 8.40. The second kappa shape index (κ2) is 4.15. The van der Waals surface area contributed by atoms with Gasteiger partial charge in [0.2, 0.25) is 0 Å². The Balaban J connectivity index is 2.42. The maximum absolute atomic E-state index is 11.9. The van der Waals surface area contributed by atoms with E-state index in [-0.39, 0.29) is 0 Å². The lowest BCUT2D eigenvalue weighted by molar-refractivity contribution is 0.0543. The largest absolute Gasteiger partial charge is 0.443 e. The lowest BCUT2D eigenvalue weighted by Crippen LogP contribution is -2.26. The molecule has 18 heavy (non-hydrogen) atoms. The molecule has 0 amide bonds. The standard InChI is InChI=1S/C13H13N3O2/c1-13(2,3)18-12(17)16-5-4-10-6-9(7-14)8-15-11(10)16/h4-6,8H,1-3H3. The molecular weight excluding hydrogens is 230 g/mol. The van der Waals surface area contributed by atoms with Crippen LogP contribution >= 0.6 is 0 Å². The molecule has 2 aromatic rings. The number of nitrogens with zero attached hydrogens (tertiary/aromatic N) is 3. The molecule has 0 bridgehead atoms. The predicted molar refractivity (Wildman–Crippen MR) is 66.1 cm³/mol. The first-order valence-electron chi connectivity index (χ1n) is 5.51. The molecule has 2 heterocycles. The summed E-state index contributed by atoms with van der Waals surface area (Å²) in [6, 6.07) is 5.42. The summed E-state index contributed by atoms with van der Waals surface area (Å²) in [5, 5.41) is 9.51. The number of carbonyl (C=O) groups excluding carboxylic acids is 1. The second-order valence-corrected chi connectivity index (χ2v) is 4.91. The number of carbonyl (C=O) groups is 1. The van der Waals surface area contributed by atoms with Gasteiger partial charge in [0, 0.05) is 17.8 Å². The minimum Gasteiger partial charge on any atom is -0.443 e. The van der Waals surface area contributed by atoms with Crippen LogP contribution in [-0.2, 0) is 4.74 Å². The molecule has 0 aliphatic rings. The summed E-state index contributed by atoms with van der Waals surface area (Å²) in [4.78, 5) is 16.0. The number of pyridine rings is 1. The van der Waals surface area contributed by atoms with Crippen LogP contribution in [0.4, 0.5) is 4.79 Å². The highest BCUT2D eigenvalue weighted by Crippen LogP contribution is 2.17. The summed E-state index contributed by atoms with van der Waals surface area (Å²) >= 11 is 0. The number of rotatable bonds is 0. The highest BCUT2D eigenvalue weighted by Gasteiger charge is 2.19. The van der Waals surface area contributed by atoms with Gasteiger partial charge in [-0.15, -0.1) is 0 Å². The van der Waals surface area contributed by atoms with E-state index in [2.05, 4.69) is 4.98 Å². The summed E-state index contributed by atoms with van der Waals surface area (Å²) in [5.74, 6) is 0. The van der Waals surface area contributed by atoms with E-state index >= 15 is 0 Å². The Morgan fingerprint density at radius 3 is 2.83 bits per heavy atom. The van der Waals surface area contributed by atoms with Gasteiger partial charge in [0.25, 0.3) is 0 Å². The van der Waals surface area contributed by atoms with Gasteiger partial charge in [0.1, 0.15) is 17.3 Å². The van der Waals surface area contributed by atoms with Crippen LogP contribution in [0.1, 0.15) is 26.3 Å². The van der Waals surface area contributed by atoms with Gasteiger partial charge in [-0.3, -0.25) is 0 Å². The van der Waals surface area contributed by atoms with Crippen molar-refractivity contribution in [1.29, 1.82) is 5.26 Å². The van der Waals surface area contributed by atoms with Crippen molar-refractivity contribution in [3.8, 4) is 6.07 Å². The van der Waals surface area contributed by atoms with Gasteiger partial charge in [-0.25, -0.2) is 14.3 Å². The smallest absolute Gasteiger partial charge is 0.420 e. The summed E-state index contributed by atoms with van der Waals surface area (Å²) in [5.41, 5.74) is 0.396. The van der Waals surface area contributed by atoms with Crippen molar-refractivity contribution in [3.05, 3.63) is 30.1 Å². The van der Waals surface area contributed by atoms with E-state index in [1.54, 1.807) is 39.1 Å². The molecule has 0 saturated carbocycles. The fourth-order valence-corrected chi connectivity index (χ4v) is 1.54. The fourth-order valence-electron chi connectivity index (χ4n) is 1.54. The maximum Gasteiger partial charge on any atom is 0.420 e. The van der Waals surface area contributed by atoms with Gasteiger partial charge < -0.3 is 4.74 Å². The first kappa shape index (κ1) is 12.1. The number of ether oxygens (including phenoxy) is 1. The highest BCUT2D eigenvalue weighted by atomic mass is 16.6. The van der Waals surface area contributed by atoms with Crippen molar-refractivity contribution >= 4 is 17.1 Å². The van der Waals surface area contributed by atoms with Crippen molar-refractivity contribution < 1.29 is 9.53 Å². The monoisotopic (exact) mass is 243 g/mol. The molecular formula is C13H13N3O2. The molecule has 0 aromatic carbocycles. The molecule has 2 rings (SSSR count). The molecule has 0 atom stereocenters. The first-order valence-corrected chi connectivity index (χ1v) is 5.51. The van der Waals surface area contributed by atoms with Gasteiger partial charge in [0.05, 0.1) is 5.56 Å². The fraction of sp³-hybridized carbons (Fsp3) is 0.308. The average molecular weight is 243 g/mol. The third-order valence-electron chi connectivity index (χ3n) is 2.25. The maximum atomic E-state index is 11.9. The normalized spacial score (nSPS) is 11.2. The quantitative estimate of drug-likeness (QED) is 0.713. The third-order valence-corrected chi connectivity index (χ3v) is 2.25. The van der Waals surface area contributed by atoms with Crippen LogP contribution in [0.2, 0.25) is 0 Å². The number of hydrogen-bond acceptors (Lipinski definition) is 4. The third kappa shape index (κ3) is 2.33. The number of fused-ring (bicyclic) bond motifs is 1. The van der Waals surface area contributed by atoms with Crippen molar-refractivity contribution in [2.24, 2.45) is 0 Å². The van der Waals surface area contributed by atoms with E-state index in [4.69, 9.17) is 10.00 Å². The van der Waals surface area contributed by atoms with Crippen molar-refractivity contribution in [2.75, 3.05) is 0 Å². The Morgan fingerprint density at radius 2 is 2.22 bits per heavy atom. The summed E-state index contributed by atoms with van der Waals surface area (Å²) < 4.78 is 6.60. The van der Waals surface area contributed by atoms with Crippen molar-refractivity contribution in [3.63, 3.8) is 0 Å². The number of nitriles is 1. The highest BCUT2D eigenvalue weighted by molar-refractivity contribution is 5.87. The molecule has 0 unspecified atom stereocenters. The molecule has 0 N–H and O–H groups in total. The Morgan fingerprint density at radius 1 is 1.50 bits per heavy atom. The average Bonchev–Trinajstić information content (AvgIpc) is 2.69. The SMILES string of the molecule is CC(C)(C)OC(=O)n1ccc2cc(C#N)cnc21. The minimum absolute atomic E-state index is 0.462. The summed E-state index contributed by atoms with van der Waals surface area (Å²) in [7, 11) is 0. The zero-order valence-electron chi connectivity index (χ0n) is 10.5. The van der Waals surface area contributed by atoms with Crippen LogP contribution in [0.25, 0.3) is 11.0 Å². The van der Waals surface area contributed by atoms with E-state index < -0.39 is 11.7 Å². The zero-order chi connectivity index (χ0) is 13.3. The molecule has 5 nitrogen and oxygen atoms in total. The number of aromatic nitrogens is 2. The van der Waals surface area contributed by atoms with Gasteiger partial charge >= 0.3 is 6.09 Å². The Labute approximate surface area is 105 Å². The topological polar surface area (TPSA) is 67.9 Å². The van der Waals surface area contributed by atoms with Crippen molar-refractivity contribution in [1.82, 2.24) is 9.55 Å². The lowest BCUT2D eigenvalue weighted by atomic mass is 10.2. The van der Waals surface area contributed by atoms with E-state index in [1.807, 2.05) is 6.07 Å². The molecule has 0 aliphatic heterocycles. The van der Waals surface area contributed by atoms with E-state index in [1.165, 1.54) is 10.8 Å². The second-order valence-electron chi connectivity index (χ2n) is 4.91. The van der Waals surface area contributed by atoms with Crippen LogP contribution < -0.4 is 0 Å². The Kier molecular flexibility index (Phi) is 2.79. The van der Waals surface area contributed by atoms with Crippen LogP contribution in [0.15, 0.2) is 24.5 Å². The molecule has 92 valence electrons. The molecule has 0 saturated heterocycles. The van der Waals surface area contributed by atoms with Crippen LogP contribution in [0, 0.1) is 11.3 Å². The molecule has 0 aliphatic carbocycles. The predicted octanol–water partition coefficient (Wildman–Crippen LogP) is 2.69. The number of hydrogen-bond donors (Lipinski definition) is 0. The Hall–Kier alpha value is -2.35. The van der Waals surface area contributed by atoms with Crippen LogP contribution in [0.5, 0.6) is 0 Å². The lowest BCUT2D eigenvalue weighted by Gasteiger charge is -2.19. The minimum atomic E-state index is -0.555. The van der Waals surface area contributed by atoms with Gasteiger partial charge in [-0.2, -0.15) is 5.26 Å². The van der Waals surface area contributed by atoms with Crippen LogP contribution in [0.3, 0.4) is 0 Å². The van der Waals surface area contributed by atoms with Gasteiger partial charge in [0.15, 0.2) is 0 Å².